The number of carboxylic acid groups (broad SMARTS) is 1. The van der Waals surface area contributed by atoms with E-state index in [1.54, 1.807) is 6.92 Å². The summed E-state index contributed by atoms with van der Waals surface area (Å²) in [7, 11) is 0. The predicted octanol–water partition coefficient (Wildman–Crippen LogP) is 1.09. The van der Waals surface area contributed by atoms with E-state index >= 15 is 0 Å². The summed E-state index contributed by atoms with van der Waals surface area (Å²) < 4.78 is 1.52. The Morgan fingerprint density at radius 1 is 1.50 bits per heavy atom. The van der Waals surface area contributed by atoms with Gasteiger partial charge in [-0.25, -0.2) is 9.89 Å². The van der Waals surface area contributed by atoms with E-state index in [4.69, 9.17) is 0 Å². The van der Waals surface area contributed by atoms with E-state index < -0.39 is 11.5 Å². The maximum absolute atomic E-state index is 11.6. The highest BCUT2D eigenvalue weighted by Gasteiger charge is 2.34. The Balaban J connectivity index is 2.89. The summed E-state index contributed by atoms with van der Waals surface area (Å²) >= 11 is 1.25. The summed E-state index contributed by atoms with van der Waals surface area (Å²) in [5.74, 6) is -0.648. The molecular formula is C12H22N4O3S. The molecule has 0 saturated carbocycles. The smallest absolute Gasteiger partial charge is 0.344 e. The summed E-state index contributed by atoms with van der Waals surface area (Å²) in [6.45, 7) is 9.18. The van der Waals surface area contributed by atoms with Crippen LogP contribution in [0, 0.1) is 0 Å². The van der Waals surface area contributed by atoms with Gasteiger partial charge in [-0.3, -0.25) is 14.7 Å². The Hall–Kier alpha value is -1.28. The van der Waals surface area contributed by atoms with E-state index in [0.29, 0.717) is 5.16 Å². The third-order valence-corrected chi connectivity index (χ3v) is 4.03. The second-order valence-corrected chi connectivity index (χ2v) is 6.44. The van der Waals surface area contributed by atoms with Gasteiger partial charge in [0.15, 0.2) is 5.16 Å². The molecule has 0 saturated heterocycles. The number of aromatic amines is 1. The second-order valence-electron chi connectivity index (χ2n) is 5.50. The molecule has 0 aliphatic rings. The van der Waals surface area contributed by atoms with Crippen molar-refractivity contribution in [2.45, 2.75) is 57.4 Å². The number of carboxylic acids is 1. The number of rotatable bonds is 7. The van der Waals surface area contributed by atoms with Crippen LogP contribution in [0.1, 0.15) is 40.7 Å². The lowest BCUT2D eigenvalue weighted by Gasteiger charge is -2.28. The van der Waals surface area contributed by atoms with Gasteiger partial charge in [-0.15, -0.1) is 5.10 Å². The number of carbonyl (C=O) groups is 1. The Bertz CT molecular complexity index is 523. The highest BCUT2D eigenvalue weighted by molar-refractivity contribution is 7.99. The van der Waals surface area contributed by atoms with Crippen LogP contribution in [0.3, 0.4) is 0 Å². The largest absolute Gasteiger partial charge is 0.480 e. The molecule has 0 amide bonds. The molecule has 0 radical (unpaired) electrons. The first-order valence-corrected chi connectivity index (χ1v) is 7.46. The van der Waals surface area contributed by atoms with Crippen LogP contribution in [-0.4, -0.2) is 43.2 Å². The van der Waals surface area contributed by atoms with E-state index in [-0.39, 0.29) is 23.5 Å². The average Bonchev–Trinajstić information content (AvgIpc) is 2.66. The van der Waals surface area contributed by atoms with Crippen molar-refractivity contribution in [2.24, 2.45) is 0 Å². The number of nitrogens with zero attached hydrogens (tertiary/aromatic N) is 2. The van der Waals surface area contributed by atoms with Crippen LogP contribution in [0.5, 0.6) is 0 Å². The second kappa shape index (κ2) is 6.45. The minimum Gasteiger partial charge on any atom is -0.480 e. The lowest BCUT2D eigenvalue weighted by molar-refractivity contribution is -0.143. The van der Waals surface area contributed by atoms with Gasteiger partial charge in [0, 0.05) is 17.8 Å². The molecule has 1 heterocycles. The SMILES string of the molecule is CC(C)NC(C)(CSc1n[nH]c(=O)n1C(C)C)C(=O)O. The Morgan fingerprint density at radius 3 is 2.55 bits per heavy atom. The van der Waals surface area contributed by atoms with Crippen LogP contribution in [0.2, 0.25) is 0 Å². The fourth-order valence-electron chi connectivity index (χ4n) is 1.86. The molecule has 7 nitrogen and oxygen atoms in total. The first kappa shape index (κ1) is 16.8. The van der Waals surface area contributed by atoms with Gasteiger partial charge in [0.2, 0.25) is 0 Å². The summed E-state index contributed by atoms with van der Waals surface area (Å²) in [4.78, 5) is 23.0. The number of aromatic nitrogens is 3. The molecule has 1 aromatic rings. The van der Waals surface area contributed by atoms with Gasteiger partial charge in [-0.05, 0) is 34.6 Å². The van der Waals surface area contributed by atoms with Crippen molar-refractivity contribution in [3.05, 3.63) is 10.5 Å². The van der Waals surface area contributed by atoms with E-state index in [0.717, 1.165) is 0 Å². The van der Waals surface area contributed by atoms with Crippen molar-refractivity contribution >= 4 is 17.7 Å². The molecule has 1 atom stereocenters. The monoisotopic (exact) mass is 302 g/mol. The number of hydrogen-bond acceptors (Lipinski definition) is 5. The fraction of sp³-hybridized carbons (Fsp3) is 0.750. The normalized spacial score (nSPS) is 14.8. The number of hydrogen-bond donors (Lipinski definition) is 3. The van der Waals surface area contributed by atoms with Gasteiger partial charge in [0.1, 0.15) is 5.54 Å². The Kier molecular flexibility index (Phi) is 5.41. The Morgan fingerprint density at radius 2 is 2.10 bits per heavy atom. The van der Waals surface area contributed by atoms with E-state index in [9.17, 15) is 14.7 Å². The first-order valence-electron chi connectivity index (χ1n) is 6.48. The molecule has 0 aromatic carbocycles. The zero-order valence-electron chi connectivity index (χ0n) is 12.4. The maximum atomic E-state index is 11.6. The summed E-state index contributed by atoms with van der Waals surface area (Å²) in [5.41, 5.74) is -1.35. The highest BCUT2D eigenvalue weighted by Crippen LogP contribution is 2.22. The topological polar surface area (TPSA) is 100 Å². The minimum absolute atomic E-state index is 0.0297. The van der Waals surface area contributed by atoms with Crippen LogP contribution < -0.4 is 11.0 Å². The van der Waals surface area contributed by atoms with Crippen molar-refractivity contribution in [3.8, 4) is 0 Å². The fourth-order valence-corrected chi connectivity index (χ4v) is 3.03. The molecular weight excluding hydrogens is 280 g/mol. The third kappa shape index (κ3) is 3.86. The number of H-pyrrole nitrogens is 1. The zero-order chi connectivity index (χ0) is 15.5. The predicted molar refractivity (Wildman–Crippen MR) is 78.3 cm³/mol. The molecule has 20 heavy (non-hydrogen) atoms. The lowest BCUT2D eigenvalue weighted by Crippen LogP contribution is -2.54. The minimum atomic E-state index is -1.07. The molecule has 1 aromatic heterocycles. The van der Waals surface area contributed by atoms with Crippen molar-refractivity contribution < 1.29 is 9.90 Å². The maximum Gasteiger partial charge on any atom is 0.344 e. The molecule has 1 unspecified atom stereocenters. The molecule has 0 spiro atoms. The summed E-state index contributed by atoms with van der Waals surface area (Å²) in [6.07, 6.45) is 0. The van der Waals surface area contributed by atoms with Gasteiger partial charge in [-0.2, -0.15) is 0 Å². The lowest BCUT2D eigenvalue weighted by atomic mass is 10.1. The number of aliphatic carboxylic acids is 1. The van der Waals surface area contributed by atoms with Crippen molar-refractivity contribution in [2.75, 3.05) is 5.75 Å². The molecule has 0 aliphatic heterocycles. The number of nitrogens with one attached hydrogen (secondary N) is 2. The quantitative estimate of drug-likeness (QED) is 0.652. The van der Waals surface area contributed by atoms with Crippen LogP contribution in [-0.2, 0) is 4.79 Å². The zero-order valence-corrected chi connectivity index (χ0v) is 13.2. The van der Waals surface area contributed by atoms with Gasteiger partial charge in [0.05, 0.1) is 0 Å². The standard InChI is InChI=1S/C12H22N4O3S/c1-7(2)13-12(5,9(17)18)6-20-11-15-14-10(19)16(11)8(3)4/h7-8,13H,6H2,1-5H3,(H,14,19)(H,17,18). The summed E-state index contributed by atoms with van der Waals surface area (Å²) in [5, 5.41) is 19.2. The van der Waals surface area contributed by atoms with Crippen molar-refractivity contribution in [1.82, 2.24) is 20.1 Å². The van der Waals surface area contributed by atoms with Crippen LogP contribution in [0.15, 0.2) is 9.95 Å². The molecule has 0 bridgehead atoms. The van der Waals surface area contributed by atoms with Gasteiger partial charge in [0.25, 0.3) is 0 Å². The molecule has 8 heteroatoms. The summed E-state index contributed by atoms with van der Waals surface area (Å²) in [6, 6.07) is 0.0149. The van der Waals surface area contributed by atoms with Crippen LogP contribution in [0.4, 0.5) is 0 Å². The first-order chi connectivity index (χ1) is 9.17. The van der Waals surface area contributed by atoms with E-state index in [2.05, 4.69) is 15.5 Å². The molecule has 3 N–H and O–H groups in total. The van der Waals surface area contributed by atoms with Crippen molar-refractivity contribution in [3.63, 3.8) is 0 Å². The van der Waals surface area contributed by atoms with Gasteiger partial charge < -0.3 is 5.11 Å². The molecule has 1 rings (SSSR count). The molecule has 0 fully saturated rings. The molecule has 0 aliphatic carbocycles. The van der Waals surface area contributed by atoms with E-state index in [1.165, 1.54) is 16.3 Å². The highest BCUT2D eigenvalue weighted by atomic mass is 32.2. The average molecular weight is 302 g/mol. The van der Waals surface area contributed by atoms with E-state index in [1.807, 2.05) is 27.7 Å². The molecule has 114 valence electrons. The Labute approximate surface area is 122 Å². The van der Waals surface area contributed by atoms with Crippen LogP contribution in [0.25, 0.3) is 0 Å². The van der Waals surface area contributed by atoms with Crippen LogP contribution >= 0.6 is 11.8 Å². The number of thioether (sulfide) groups is 1. The van der Waals surface area contributed by atoms with Gasteiger partial charge in [-0.1, -0.05) is 11.8 Å². The third-order valence-electron chi connectivity index (χ3n) is 2.76. The van der Waals surface area contributed by atoms with Crippen molar-refractivity contribution in [1.29, 1.82) is 0 Å². The van der Waals surface area contributed by atoms with Gasteiger partial charge >= 0.3 is 11.7 Å².